The molecule has 0 aliphatic rings. The molecule has 7 nitrogen and oxygen atoms in total. The first-order valence-corrected chi connectivity index (χ1v) is 6.55. The van der Waals surface area contributed by atoms with E-state index < -0.39 is 29.6 Å². The summed E-state index contributed by atoms with van der Waals surface area (Å²) in [6.07, 6.45) is -0.212. The quantitative estimate of drug-likeness (QED) is 0.739. The van der Waals surface area contributed by atoms with Crippen LogP contribution in [0, 0.1) is 5.92 Å². The van der Waals surface area contributed by atoms with E-state index in [1.54, 1.807) is 24.3 Å². The summed E-state index contributed by atoms with van der Waals surface area (Å²) in [7, 11) is 0. The van der Waals surface area contributed by atoms with Gasteiger partial charge in [0, 0.05) is 12.1 Å². The van der Waals surface area contributed by atoms with Gasteiger partial charge in [0.1, 0.15) is 0 Å². The van der Waals surface area contributed by atoms with E-state index in [0.717, 1.165) is 17.7 Å². The van der Waals surface area contributed by atoms with Crippen molar-refractivity contribution in [2.75, 3.05) is 0 Å². The minimum atomic E-state index is -1.12. The van der Waals surface area contributed by atoms with Crippen LogP contribution in [0.3, 0.4) is 0 Å². The maximum atomic E-state index is 11.8. The van der Waals surface area contributed by atoms with Gasteiger partial charge in [-0.05, 0) is 12.0 Å². The Balaban J connectivity index is 2.02. The molecule has 0 aliphatic heterocycles. The van der Waals surface area contributed by atoms with Crippen LogP contribution in [0.25, 0.3) is 0 Å². The molecule has 0 saturated heterocycles. The van der Waals surface area contributed by atoms with Crippen LogP contribution >= 0.6 is 0 Å². The SMILES string of the molecule is O=C(CC(Cc1ccccc1)C(=O)O)On1c(O)ccc1O. The molecule has 3 N–H and O–H groups in total. The van der Waals surface area contributed by atoms with Gasteiger partial charge in [0.05, 0.1) is 12.3 Å². The summed E-state index contributed by atoms with van der Waals surface area (Å²) < 4.78 is 0.532. The Hall–Kier alpha value is -2.96. The highest BCUT2D eigenvalue weighted by molar-refractivity contribution is 5.79. The summed E-state index contributed by atoms with van der Waals surface area (Å²) in [5, 5.41) is 27.9. The summed E-state index contributed by atoms with van der Waals surface area (Å²) in [4.78, 5) is 27.8. The van der Waals surface area contributed by atoms with E-state index in [9.17, 15) is 24.9 Å². The molecule has 0 radical (unpaired) electrons. The lowest BCUT2D eigenvalue weighted by Crippen LogP contribution is -2.26. The predicted molar refractivity (Wildman–Crippen MR) is 75.2 cm³/mol. The third-order valence-electron chi connectivity index (χ3n) is 3.08. The molecule has 22 heavy (non-hydrogen) atoms. The van der Waals surface area contributed by atoms with Gasteiger partial charge in [0.15, 0.2) is 0 Å². The number of carbonyl (C=O) groups excluding carboxylic acids is 1. The minimum absolute atomic E-state index is 0.176. The number of aliphatic carboxylic acids is 1. The van der Waals surface area contributed by atoms with E-state index in [0.29, 0.717) is 4.73 Å². The van der Waals surface area contributed by atoms with Crippen LogP contribution in [0.15, 0.2) is 42.5 Å². The number of aromatic hydroxyl groups is 2. The van der Waals surface area contributed by atoms with Gasteiger partial charge >= 0.3 is 11.9 Å². The van der Waals surface area contributed by atoms with Crippen LogP contribution in [-0.4, -0.2) is 32.0 Å². The van der Waals surface area contributed by atoms with Crippen molar-refractivity contribution < 1.29 is 29.7 Å². The average Bonchev–Trinajstić information content (AvgIpc) is 2.79. The van der Waals surface area contributed by atoms with Crippen LogP contribution in [0.1, 0.15) is 12.0 Å². The van der Waals surface area contributed by atoms with E-state index in [4.69, 9.17) is 4.84 Å². The Morgan fingerprint density at radius 1 is 1.05 bits per heavy atom. The average molecular weight is 305 g/mol. The van der Waals surface area contributed by atoms with Crippen molar-refractivity contribution in [1.29, 1.82) is 0 Å². The normalized spacial score (nSPS) is 11.8. The number of nitrogens with zero attached hydrogens (tertiary/aromatic N) is 1. The molecule has 116 valence electrons. The second-order valence-electron chi connectivity index (χ2n) is 4.74. The van der Waals surface area contributed by atoms with Gasteiger partial charge < -0.3 is 20.2 Å². The summed E-state index contributed by atoms with van der Waals surface area (Å²) in [6, 6.07) is 11.2. The van der Waals surface area contributed by atoms with E-state index in [1.165, 1.54) is 0 Å². The molecule has 0 spiro atoms. The summed E-state index contributed by atoms with van der Waals surface area (Å²) in [5.74, 6) is -3.87. The molecule has 1 atom stereocenters. The molecule has 0 bridgehead atoms. The second-order valence-corrected chi connectivity index (χ2v) is 4.74. The molecule has 0 aliphatic carbocycles. The fourth-order valence-corrected chi connectivity index (χ4v) is 1.98. The zero-order valence-electron chi connectivity index (χ0n) is 11.5. The lowest BCUT2D eigenvalue weighted by Gasteiger charge is -2.12. The number of hydrogen-bond acceptors (Lipinski definition) is 5. The molecule has 1 aromatic heterocycles. The van der Waals surface area contributed by atoms with Crippen molar-refractivity contribution in [3.8, 4) is 11.8 Å². The van der Waals surface area contributed by atoms with Crippen molar-refractivity contribution in [3.05, 3.63) is 48.0 Å². The third-order valence-corrected chi connectivity index (χ3v) is 3.08. The van der Waals surface area contributed by atoms with Crippen molar-refractivity contribution in [1.82, 2.24) is 4.73 Å². The third kappa shape index (κ3) is 3.78. The number of hydrogen-bond donors (Lipinski definition) is 3. The highest BCUT2D eigenvalue weighted by Gasteiger charge is 2.24. The van der Waals surface area contributed by atoms with E-state index in [1.807, 2.05) is 6.07 Å². The number of carboxylic acid groups (broad SMARTS) is 1. The highest BCUT2D eigenvalue weighted by atomic mass is 16.7. The van der Waals surface area contributed by atoms with Gasteiger partial charge in [-0.3, -0.25) is 4.79 Å². The summed E-state index contributed by atoms with van der Waals surface area (Å²) >= 11 is 0. The Morgan fingerprint density at radius 3 is 2.18 bits per heavy atom. The summed E-state index contributed by atoms with van der Waals surface area (Å²) in [5.41, 5.74) is 0.786. The van der Waals surface area contributed by atoms with Crippen molar-refractivity contribution in [2.45, 2.75) is 12.8 Å². The molecular weight excluding hydrogens is 290 g/mol. The Kier molecular flexibility index (Phi) is 4.67. The number of aromatic nitrogens is 1. The number of carbonyl (C=O) groups is 2. The Morgan fingerprint density at radius 2 is 1.64 bits per heavy atom. The van der Waals surface area contributed by atoms with Gasteiger partial charge in [-0.15, -0.1) is 4.73 Å². The molecule has 2 aromatic rings. The first-order chi connectivity index (χ1) is 10.5. The van der Waals surface area contributed by atoms with Crippen LogP contribution in [-0.2, 0) is 16.0 Å². The number of benzene rings is 1. The van der Waals surface area contributed by atoms with Crippen LogP contribution in [0.4, 0.5) is 0 Å². The Bertz CT molecular complexity index is 644. The smallest absolute Gasteiger partial charge is 0.334 e. The zero-order chi connectivity index (χ0) is 16.1. The fraction of sp³-hybridized carbons (Fsp3) is 0.200. The molecule has 2 rings (SSSR count). The molecule has 1 unspecified atom stereocenters. The van der Waals surface area contributed by atoms with Crippen LogP contribution in [0.2, 0.25) is 0 Å². The number of rotatable bonds is 6. The van der Waals surface area contributed by atoms with Crippen molar-refractivity contribution in [3.63, 3.8) is 0 Å². The van der Waals surface area contributed by atoms with Gasteiger partial charge in [0.25, 0.3) is 0 Å². The maximum absolute atomic E-state index is 11.8. The minimum Gasteiger partial charge on any atom is -0.492 e. The molecular formula is C15H15NO6. The van der Waals surface area contributed by atoms with Crippen LogP contribution in [0.5, 0.6) is 11.8 Å². The first kappa shape index (κ1) is 15.4. The monoisotopic (exact) mass is 305 g/mol. The lowest BCUT2D eigenvalue weighted by atomic mass is 9.96. The van der Waals surface area contributed by atoms with Gasteiger partial charge in [-0.25, -0.2) is 4.79 Å². The molecule has 0 fully saturated rings. The van der Waals surface area contributed by atoms with Crippen LogP contribution < -0.4 is 4.84 Å². The highest BCUT2D eigenvalue weighted by Crippen LogP contribution is 2.20. The maximum Gasteiger partial charge on any atom is 0.334 e. The van der Waals surface area contributed by atoms with E-state index >= 15 is 0 Å². The molecule has 1 aromatic carbocycles. The second kappa shape index (κ2) is 6.66. The van der Waals surface area contributed by atoms with Gasteiger partial charge in [0.2, 0.25) is 11.8 Å². The topological polar surface area (TPSA) is 109 Å². The zero-order valence-corrected chi connectivity index (χ0v) is 11.5. The Labute approximate surface area is 126 Å². The van der Waals surface area contributed by atoms with E-state index in [-0.39, 0.29) is 12.8 Å². The molecule has 7 heteroatoms. The van der Waals surface area contributed by atoms with Crippen molar-refractivity contribution in [2.24, 2.45) is 5.92 Å². The predicted octanol–water partition coefficient (Wildman–Crippen LogP) is 1.19. The van der Waals surface area contributed by atoms with E-state index in [2.05, 4.69) is 0 Å². The van der Waals surface area contributed by atoms with Crippen molar-refractivity contribution >= 4 is 11.9 Å². The van der Waals surface area contributed by atoms with Gasteiger partial charge in [-0.1, -0.05) is 30.3 Å². The lowest BCUT2D eigenvalue weighted by molar-refractivity contribution is -0.152. The summed E-state index contributed by atoms with van der Waals surface area (Å²) in [6.45, 7) is 0. The largest absolute Gasteiger partial charge is 0.492 e. The number of carboxylic acids is 1. The molecule has 0 saturated carbocycles. The standard InChI is InChI=1S/C15H15NO6/c17-12-6-7-13(18)16(12)22-14(19)9-11(15(20)21)8-10-4-2-1-3-5-10/h1-7,11,17-18H,8-9H2,(H,20,21). The fourth-order valence-electron chi connectivity index (χ4n) is 1.98. The molecule has 1 heterocycles. The molecule has 0 amide bonds. The first-order valence-electron chi connectivity index (χ1n) is 6.55. The van der Waals surface area contributed by atoms with Gasteiger partial charge in [-0.2, -0.15) is 0 Å².